The molecule has 2 aromatic heterocycles. The molecule has 0 saturated carbocycles. The predicted octanol–water partition coefficient (Wildman–Crippen LogP) is 3.95. The van der Waals surface area contributed by atoms with E-state index in [0.29, 0.717) is 5.16 Å². The van der Waals surface area contributed by atoms with E-state index in [1.807, 2.05) is 23.6 Å². The highest BCUT2D eigenvalue weighted by atomic mass is 32.2. The van der Waals surface area contributed by atoms with Crippen molar-refractivity contribution in [2.24, 2.45) is 0 Å². The van der Waals surface area contributed by atoms with Gasteiger partial charge in [-0.3, -0.25) is 9.55 Å². The normalized spacial score (nSPS) is 11.9. The smallest absolute Gasteiger partial charge is 0.197 e. The summed E-state index contributed by atoms with van der Waals surface area (Å²) >= 11 is 1.40. The quantitative estimate of drug-likeness (QED) is 0.675. The van der Waals surface area contributed by atoms with Crippen LogP contribution in [-0.2, 0) is 0 Å². The molecule has 0 radical (unpaired) electrons. The number of pyridine rings is 1. The first kappa shape index (κ1) is 16.2. The summed E-state index contributed by atoms with van der Waals surface area (Å²) in [5.74, 6) is 0.725. The molecule has 0 amide bonds. The molecule has 6 heteroatoms. The van der Waals surface area contributed by atoms with Crippen LogP contribution >= 0.6 is 11.8 Å². The van der Waals surface area contributed by atoms with E-state index in [-0.39, 0.29) is 5.25 Å². The number of aromatic nitrogens is 4. The lowest BCUT2D eigenvalue weighted by Crippen LogP contribution is -2.04. The predicted molar refractivity (Wildman–Crippen MR) is 95.0 cm³/mol. The third-order valence-electron chi connectivity index (χ3n) is 3.61. The minimum Gasteiger partial charge on any atom is -0.270 e. The molecule has 3 rings (SSSR count). The van der Waals surface area contributed by atoms with Gasteiger partial charge in [-0.15, -0.1) is 10.2 Å². The third kappa shape index (κ3) is 3.17. The van der Waals surface area contributed by atoms with Crippen molar-refractivity contribution in [3.63, 3.8) is 0 Å². The van der Waals surface area contributed by atoms with E-state index in [1.165, 1.54) is 17.3 Å². The number of nitriles is 1. The van der Waals surface area contributed by atoms with Crippen molar-refractivity contribution in [3.8, 4) is 23.1 Å². The van der Waals surface area contributed by atoms with Gasteiger partial charge in [-0.25, -0.2) is 0 Å². The zero-order chi connectivity index (χ0) is 17.1. The number of thioether (sulfide) groups is 1. The summed E-state index contributed by atoms with van der Waals surface area (Å²) in [5.41, 5.74) is 4.23. The number of rotatable bonds is 4. The van der Waals surface area contributed by atoms with Crippen LogP contribution < -0.4 is 0 Å². The Kier molecular flexibility index (Phi) is 4.63. The minimum absolute atomic E-state index is 0.208. The average molecular weight is 335 g/mol. The van der Waals surface area contributed by atoms with Crippen molar-refractivity contribution in [1.82, 2.24) is 19.7 Å². The molecule has 0 saturated heterocycles. The molecule has 1 aromatic carbocycles. The fraction of sp³-hybridized carbons (Fsp3) is 0.222. The van der Waals surface area contributed by atoms with Gasteiger partial charge in [0.15, 0.2) is 11.0 Å². The molecule has 24 heavy (non-hydrogen) atoms. The SMILES string of the molecule is Cc1ccc(-n2c(SC(C)C#N)nnc2-c2cccnc2)c(C)c1. The largest absolute Gasteiger partial charge is 0.270 e. The van der Waals surface area contributed by atoms with Crippen LogP contribution in [0.25, 0.3) is 17.1 Å². The van der Waals surface area contributed by atoms with E-state index in [9.17, 15) is 0 Å². The van der Waals surface area contributed by atoms with Gasteiger partial charge in [-0.2, -0.15) is 5.26 Å². The maximum absolute atomic E-state index is 9.13. The van der Waals surface area contributed by atoms with Crippen molar-refractivity contribution < 1.29 is 0 Å². The summed E-state index contributed by atoms with van der Waals surface area (Å²) < 4.78 is 2.00. The van der Waals surface area contributed by atoms with Crippen LogP contribution in [0.1, 0.15) is 18.1 Å². The van der Waals surface area contributed by atoms with E-state index in [4.69, 9.17) is 5.26 Å². The molecular weight excluding hydrogens is 318 g/mol. The van der Waals surface area contributed by atoms with Crippen LogP contribution in [0.3, 0.4) is 0 Å². The topological polar surface area (TPSA) is 67.4 Å². The molecule has 1 unspecified atom stereocenters. The molecule has 3 aromatic rings. The number of hydrogen-bond donors (Lipinski definition) is 0. The lowest BCUT2D eigenvalue weighted by atomic mass is 10.1. The van der Waals surface area contributed by atoms with Crippen LogP contribution in [0.15, 0.2) is 47.9 Å². The number of benzene rings is 1. The molecule has 0 spiro atoms. The second kappa shape index (κ2) is 6.85. The molecule has 0 aliphatic rings. The van der Waals surface area contributed by atoms with Crippen molar-refractivity contribution in [2.75, 3.05) is 0 Å². The minimum atomic E-state index is -0.208. The van der Waals surface area contributed by atoms with E-state index in [2.05, 4.69) is 53.3 Å². The molecular formula is C18H17N5S. The summed E-state index contributed by atoms with van der Waals surface area (Å²) in [6.07, 6.45) is 3.50. The Balaban J connectivity index is 2.20. The Morgan fingerprint density at radius 2 is 2.04 bits per heavy atom. The van der Waals surface area contributed by atoms with Crippen LogP contribution in [0.5, 0.6) is 0 Å². The van der Waals surface area contributed by atoms with E-state index in [0.717, 1.165) is 22.6 Å². The van der Waals surface area contributed by atoms with E-state index < -0.39 is 0 Å². The highest BCUT2D eigenvalue weighted by Crippen LogP contribution is 2.31. The Hall–Kier alpha value is -2.65. The van der Waals surface area contributed by atoms with Gasteiger partial charge in [0.05, 0.1) is 17.0 Å². The zero-order valence-electron chi connectivity index (χ0n) is 13.8. The molecule has 0 N–H and O–H groups in total. The molecule has 2 heterocycles. The van der Waals surface area contributed by atoms with Gasteiger partial charge in [-0.1, -0.05) is 29.5 Å². The van der Waals surface area contributed by atoms with Gasteiger partial charge in [0.2, 0.25) is 0 Å². The fourth-order valence-electron chi connectivity index (χ4n) is 2.49. The van der Waals surface area contributed by atoms with E-state index >= 15 is 0 Å². The van der Waals surface area contributed by atoms with Crippen molar-refractivity contribution in [3.05, 3.63) is 53.9 Å². The number of hydrogen-bond acceptors (Lipinski definition) is 5. The first-order chi connectivity index (χ1) is 11.6. The molecule has 0 aliphatic heterocycles. The van der Waals surface area contributed by atoms with Gasteiger partial charge in [0.1, 0.15) is 0 Å². The highest BCUT2D eigenvalue weighted by Gasteiger charge is 2.19. The molecule has 0 fully saturated rings. The monoisotopic (exact) mass is 335 g/mol. The van der Waals surface area contributed by atoms with Gasteiger partial charge in [0.25, 0.3) is 0 Å². The Morgan fingerprint density at radius 1 is 1.21 bits per heavy atom. The molecule has 0 bridgehead atoms. The van der Waals surface area contributed by atoms with Crippen LogP contribution in [-0.4, -0.2) is 25.0 Å². The van der Waals surface area contributed by atoms with Crippen molar-refractivity contribution in [2.45, 2.75) is 31.2 Å². The first-order valence-corrected chi connectivity index (χ1v) is 8.48. The second-order valence-electron chi connectivity index (χ2n) is 5.56. The average Bonchev–Trinajstić information content (AvgIpc) is 2.99. The van der Waals surface area contributed by atoms with Crippen LogP contribution in [0.4, 0.5) is 0 Å². The first-order valence-electron chi connectivity index (χ1n) is 7.60. The Bertz CT molecular complexity index is 896. The summed E-state index contributed by atoms with van der Waals surface area (Å²) in [7, 11) is 0. The maximum Gasteiger partial charge on any atom is 0.197 e. The fourth-order valence-corrected chi connectivity index (χ4v) is 3.23. The van der Waals surface area contributed by atoms with Gasteiger partial charge >= 0.3 is 0 Å². The highest BCUT2D eigenvalue weighted by molar-refractivity contribution is 8.00. The van der Waals surface area contributed by atoms with Gasteiger partial charge in [0, 0.05) is 18.0 Å². The standard InChI is InChI=1S/C18H17N5S/c1-12-6-7-16(13(2)9-12)23-17(15-5-4-8-20-11-15)21-22-18(23)24-14(3)10-19/h4-9,11,14H,1-3H3. The summed E-state index contributed by atoms with van der Waals surface area (Å²) in [6.45, 7) is 5.99. The molecule has 0 aliphatic carbocycles. The van der Waals surface area contributed by atoms with E-state index in [1.54, 1.807) is 12.4 Å². The number of aryl methyl sites for hydroxylation is 2. The number of nitrogens with zero attached hydrogens (tertiary/aromatic N) is 5. The zero-order valence-corrected chi connectivity index (χ0v) is 14.6. The lowest BCUT2D eigenvalue weighted by molar-refractivity contribution is 0.877. The maximum atomic E-state index is 9.13. The van der Waals surface area contributed by atoms with Crippen LogP contribution in [0, 0.1) is 25.2 Å². The molecule has 1 atom stereocenters. The lowest BCUT2D eigenvalue weighted by Gasteiger charge is -2.13. The van der Waals surface area contributed by atoms with Gasteiger partial charge < -0.3 is 0 Å². The summed E-state index contributed by atoms with van der Waals surface area (Å²) in [4.78, 5) is 4.18. The summed E-state index contributed by atoms with van der Waals surface area (Å²) in [5, 5.41) is 18.3. The van der Waals surface area contributed by atoms with Crippen molar-refractivity contribution in [1.29, 1.82) is 5.26 Å². The molecule has 5 nitrogen and oxygen atoms in total. The van der Waals surface area contributed by atoms with Crippen LogP contribution in [0.2, 0.25) is 0 Å². The third-order valence-corrected chi connectivity index (χ3v) is 4.54. The Labute approximate surface area is 145 Å². The summed E-state index contributed by atoms with van der Waals surface area (Å²) in [6, 6.07) is 12.3. The van der Waals surface area contributed by atoms with Crippen molar-refractivity contribution >= 4 is 11.8 Å². The second-order valence-corrected chi connectivity index (χ2v) is 6.87. The Morgan fingerprint density at radius 3 is 2.71 bits per heavy atom. The molecule has 120 valence electrons. The van der Waals surface area contributed by atoms with Gasteiger partial charge in [-0.05, 0) is 44.5 Å².